The molecule has 9 nitrogen and oxygen atoms in total. The molecule has 0 aliphatic carbocycles. The van der Waals surface area contributed by atoms with Gasteiger partial charge in [-0.2, -0.15) is 0 Å². The van der Waals surface area contributed by atoms with Crippen molar-refractivity contribution in [3.63, 3.8) is 0 Å². The molecule has 0 radical (unpaired) electrons. The molecular formula is C19H12N2O7-2. The molecule has 0 atom stereocenters. The van der Waals surface area contributed by atoms with E-state index < -0.39 is 29.0 Å². The summed E-state index contributed by atoms with van der Waals surface area (Å²) in [4.78, 5) is 59.2. The van der Waals surface area contributed by atoms with Crippen LogP contribution in [0.15, 0.2) is 42.5 Å². The maximum atomic E-state index is 12.5. The zero-order valence-corrected chi connectivity index (χ0v) is 14.3. The van der Waals surface area contributed by atoms with Crippen LogP contribution in [0, 0.1) is 0 Å². The Kier molecular flexibility index (Phi) is 4.90. The van der Waals surface area contributed by atoms with Crippen molar-refractivity contribution in [1.29, 1.82) is 0 Å². The molecule has 0 bridgehead atoms. The summed E-state index contributed by atoms with van der Waals surface area (Å²) in [5.74, 6) is -4.68. The fourth-order valence-corrected chi connectivity index (χ4v) is 2.79. The molecule has 3 rings (SSSR count). The Labute approximate surface area is 158 Å². The summed E-state index contributed by atoms with van der Waals surface area (Å²) < 4.78 is 0. The Morgan fingerprint density at radius 1 is 0.821 bits per heavy atom. The third kappa shape index (κ3) is 3.73. The smallest absolute Gasteiger partial charge is 0.255 e. The van der Waals surface area contributed by atoms with Gasteiger partial charge in [-0.1, -0.05) is 6.07 Å². The van der Waals surface area contributed by atoms with Crippen LogP contribution >= 0.6 is 0 Å². The summed E-state index contributed by atoms with van der Waals surface area (Å²) in [5, 5.41) is 24.4. The lowest BCUT2D eigenvalue weighted by Gasteiger charge is -2.15. The molecule has 0 unspecified atom stereocenters. The summed E-state index contributed by atoms with van der Waals surface area (Å²) >= 11 is 0. The monoisotopic (exact) mass is 380 g/mol. The highest BCUT2D eigenvalue weighted by Gasteiger charge is 2.30. The van der Waals surface area contributed by atoms with E-state index in [-0.39, 0.29) is 41.6 Å². The fraction of sp³-hybridized carbons (Fsp3) is 0.105. The Hall–Kier alpha value is -4.01. The fourth-order valence-electron chi connectivity index (χ4n) is 2.79. The number of nitrogens with one attached hydrogen (secondary N) is 1. The van der Waals surface area contributed by atoms with Gasteiger partial charge in [0.1, 0.15) is 0 Å². The third-order valence-electron chi connectivity index (χ3n) is 4.08. The predicted octanol–water partition coefficient (Wildman–Crippen LogP) is -0.681. The molecule has 0 aromatic heterocycles. The summed E-state index contributed by atoms with van der Waals surface area (Å²) in [5.41, 5.74) is -0.666. The van der Waals surface area contributed by atoms with Crippen LogP contribution in [-0.2, 0) is 9.59 Å². The number of carbonyl (C=O) groups is 5. The molecule has 0 spiro atoms. The van der Waals surface area contributed by atoms with E-state index in [4.69, 9.17) is 0 Å². The second-order valence-corrected chi connectivity index (χ2v) is 6.00. The topological polar surface area (TPSA) is 147 Å². The average molecular weight is 380 g/mol. The second-order valence-electron chi connectivity index (χ2n) is 6.00. The molecular weight excluding hydrogens is 368 g/mol. The van der Waals surface area contributed by atoms with Crippen molar-refractivity contribution in [1.82, 2.24) is 0 Å². The highest BCUT2D eigenvalue weighted by molar-refractivity contribution is 6.20. The van der Waals surface area contributed by atoms with Gasteiger partial charge in [0.05, 0.1) is 17.6 Å². The van der Waals surface area contributed by atoms with Crippen molar-refractivity contribution in [2.45, 2.75) is 12.8 Å². The van der Waals surface area contributed by atoms with Crippen LogP contribution in [0.2, 0.25) is 0 Å². The van der Waals surface area contributed by atoms with Gasteiger partial charge < -0.3 is 25.1 Å². The zero-order chi connectivity index (χ0) is 20.4. The average Bonchev–Trinajstić information content (AvgIpc) is 2.99. The SMILES string of the molecule is O=C([O-])c1cc(NC(=O)c2cccc(N3C(=O)CCC3=O)c2)cc(C(=O)[O-])c1. The number of imide groups is 1. The van der Waals surface area contributed by atoms with E-state index in [9.17, 15) is 34.2 Å². The maximum absolute atomic E-state index is 12.5. The van der Waals surface area contributed by atoms with Crippen molar-refractivity contribution in [3.8, 4) is 0 Å². The Balaban J connectivity index is 1.89. The van der Waals surface area contributed by atoms with E-state index in [1.807, 2.05) is 0 Å². The lowest BCUT2D eigenvalue weighted by molar-refractivity contribution is -0.255. The molecule has 28 heavy (non-hydrogen) atoms. The number of rotatable bonds is 5. The first-order valence-electron chi connectivity index (χ1n) is 8.11. The minimum atomic E-state index is -1.62. The highest BCUT2D eigenvalue weighted by Crippen LogP contribution is 2.24. The van der Waals surface area contributed by atoms with Gasteiger partial charge in [-0.25, -0.2) is 0 Å². The van der Waals surface area contributed by atoms with Gasteiger partial charge in [0.25, 0.3) is 5.91 Å². The summed E-state index contributed by atoms with van der Waals surface area (Å²) in [6, 6.07) is 8.67. The Bertz CT molecular complexity index is 980. The number of carboxylic acid groups (broad SMARTS) is 2. The van der Waals surface area contributed by atoms with Crippen molar-refractivity contribution < 1.29 is 34.2 Å². The first kappa shape index (κ1) is 18.8. The number of hydrogen-bond acceptors (Lipinski definition) is 7. The van der Waals surface area contributed by atoms with E-state index in [0.717, 1.165) is 23.1 Å². The minimum Gasteiger partial charge on any atom is -0.545 e. The first-order chi connectivity index (χ1) is 13.3. The first-order valence-corrected chi connectivity index (χ1v) is 8.11. The minimum absolute atomic E-state index is 0.0823. The van der Waals surface area contributed by atoms with Crippen LogP contribution in [0.5, 0.6) is 0 Å². The van der Waals surface area contributed by atoms with Gasteiger partial charge in [-0.05, 0) is 47.5 Å². The van der Waals surface area contributed by atoms with Crippen LogP contribution in [0.1, 0.15) is 43.9 Å². The van der Waals surface area contributed by atoms with Crippen LogP contribution in [0.25, 0.3) is 0 Å². The quantitative estimate of drug-likeness (QED) is 0.676. The largest absolute Gasteiger partial charge is 0.545 e. The number of benzene rings is 2. The maximum Gasteiger partial charge on any atom is 0.255 e. The molecule has 1 aliphatic rings. The van der Waals surface area contributed by atoms with Gasteiger partial charge in [-0.3, -0.25) is 19.3 Å². The molecule has 1 N–H and O–H groups in total. The number of carboxylic acids is 2. The Morgan fingerprint density at radius 2 is 1.39 bits per heavy atom. The van der Waals surface area contributed by atoms with E-state index in [1.165, 1.54) is 24.3 Å². The summed E-state index contributed by atoms with van der Waals surface area (Å²) in [6.07, 6.45) is 0.189. The van der Waals surface area contributed by atoms with Crippen molar-refractivity contribution in [2.24, 2.45) is 0 Å². The van der Waals surface area contributed by atoms with Gasteiger partial charge in [0.2, 0.25) is 11.8 Å². The second kappa shape index (κ2) is 7.31. The van der Waals surface area contributed by atoms with E-state index in [0.29, 0.717) is 0 Å². The standard InChI is InChI=1S/C19H14N2O7/c22-15-4-5-16(23)21(15)14-3-1-2-10(9-14)17(24)20-13-7-11(18(25)26)6-12(8-13)19(27)28/h1-3,6-9H,4-5H2,(H,20,24)(H,25,26)(H,27,28)/p-2. The van der Waals surface area contributed by atoms with E-state index >= 15 is 0 Å². The van der Waals surface area contributed by atoms with E-state index in [1.54, 1.807) is 0 Å². The molecule has 1 fully saturated rings. The normalized spacial score (nSPS) is 13.5. The number of aromatic carboxylic acids is 2. The van der Waals surface area contributed by atoms with Crippen LogP contribution in [0.4, 0.5) is 11.4 Å². The van der Waals surface area contributed by atoms with Gasteiger partial charge >= 0.3 is 0 Å². The van der Waals surface area contributed by atoms with Crippen molar-refractivity contribution in [2.75, 3.05) is 10.2 Å². The molecule has 1 aliphatic heterocycles. The van der Waals surface area contributed by atoms with Crippen LogP contribution in [0.3, 0.4) is 0 Å². The molecule has 9 heteroatoms. The molecule has 2 aromatic carbocycles. The number of amides is 3. The molecule has 2 aromatic rings. The molecule has 1 heterocycles. The molecule has 3 amide bonds. The van der Waals surface area contributed by atoms with Crippen molar-refractivity contribution >= 4 is 41.0 Å². The van der Waals surface area contributed by atoms with Gasteiger partial charge in [0.15, 0.2) is 0 Å². The number of anilines is 2. The zero-order valence-electron chi connectivity index (χ0n) is 14.3. The molecule has 1 saturated heterocycles. The molecule has 0 saturated carbocycles. The number of nitrogens with zero attached hydrogens (tertiary/aromatic N) is 1. The molecule has 142 valence electrons. The summed E-state index contributed by atoms with van der Waals surface area (Å²) in [6.45, 7) is 0. The van der Waals surface area contributed by atoms with E-state index in [2.05, 4.69) is 5.32 Å². The summed E-state index contributed by atoms with van der Waals surface area (Å²) in [7, 11) is 0. The number of carbonyl (C=O) groups excluding carboxylic acids is 5. The Morgan fingerprint density at radius 3 is 1.93 bits per heavy atom. The lowest BCUT2D eigenvalue weighted by atomic mass is 10.1. The van der Waals surface area contributed by atoms with Crippen molar-refractivity contribution in [3.05, 3.63) is 59.2 Å². The third-order valence-corrected chi connectivity index (χ3v) is 4.08. The number of hydrogen-bond donors (Lipinski definition) is 1. The van der Waals surface area contributed by atoms with Crippen LogP contribution in [-0.4, -0.2) is 29.7 Å². The highest BCUT2D eigenvalue weighted by atomic mass is 16.4. The van der Waals surface area contributed by atoms with Gasteiger partial charge in [0, 0.05) is 24.1 Å². The van der Waals surface area contributed by atoms with Gasteiger partial charge in [-0.15, -0.1) is 0 Å². The lowest BCUT2D eigenvalue weighted by Crippen LogP contribution is -2.28. The van der Waals surface area contributed by atoms with Crippen LogP contribution < -0.4 is 20.4 Å². The predicted molar refractivity (Wildman–Crippen MR) is 91.2 cm³/mol.